The molecule has 4 aromatic rings. The summed E-state index contributed by atoms with van der Waals surface area (Å²) >= 11 is 6.56. The third-order valence-electron chi connectivity index (χ3n) is 5.86. The lowest BCUT2D eigenvalue weighted by molar-refractivity contribution is 0.0303. The van der Waals surface area contributed by atoms with Crippen molar-refractivity contribution in [1.82, 2.24) is 4.90 Å². The molecule has 1 amide bonds. The Bertz CT molecular complexity index is 1250. The van der Waals surface area contributed by atoms with Gasteiger partial charge in [-0.3, -0.25) is 4.79 Å². The van der Waals surface area contributed by atoms with Gasteiger partial charge in [-0.1, -0.05) is 41.9 Å². The number of anilines is 1. The summed E-state index contributed by atoms with van der Waals surface area (Å²) in [5, 5.41) is 4.95. The Morgan fingerprint density at radius 3 is 2.45 bits per heavy atom. The molecule has 2 heterocycles. The van der Waals surface area contributed by atoms with Gasteiger partial charge in [0.15, 0.2) is 5.58 Å². The van der Waals surface area contributed by atoms with E-state index in [4.69, 9.17) is 20.8 Å². The molecule has 0 aliphatic carbocycles. The minimum Gasteiger partial charge on any atom is -0.459 e. The van der Waals surface area contributed by atoms with E-state index >= 15 is 0 Å². The summed E-state index contributed by atoms with van der Waals surface area (Å²) < 4.78 is 11.3. The molecule has 5 rings (SSSR count). The lowest BCUT2D eigenvalue weighted by Crippen LogP contribution is -2.40. The minimum atomic E-state index is 0.0434. The number of rotatable bonds is 6. The largest absolute Gasteiger partial charge is 0.459 e. The van der Waals surface area contributed by atoms with Gasteiger partial charge < -0.3 is 19.4 Å². The predicted octanol–water partition coefficient (Wildman–Crippen LogP) is 5.88. The number of carbonyl (C=O) groups excluding carboxylic acids is 1. The molecule has 0 unspecified atom stereocenters. The fourth-order valence-electron chi connectivity index (χ4n) is 4.09. The third kappa shape index (κ3) is 4.90. The van der Waals surface area contributed by atoms with Gasteiger partial charge in [-0.05, 0) is 53.6 Å². The molecule has 3 aromatic carbocycles. The van der Waals surface area contributed by atoms with Crippen molar-refractivity contribution in [3.8, 4) is 11.1 Å². The molecular formula is C27H25ClN2O3. The first kappa shape index (κ1) is 21.6. The molecule has 6 heteroatoms. The Labute approximate surface area is 197 Å². The number of benzene rings is 3. The molecule has 5 nitrogen and oxygen atoms in total. The molecule has 0 spiro atoms. The van der Waals surface area contributed by atoms with Crippen LogP contribution in [0.15, 0.2) is 77.2 Å². The van der Waals surface area contributed by atoms with Gasteiger partial charge in [-0.15, -0.1) is 0 Å². The van der Waals surface area contributed by atoms with Gasteiger partial charge in [-0.2, -0.15) is 0 Å². The number of hydrogen-bond acceptors (Lipinski definition) is 4. The highest BCUT2D eigenvalue weighted by atomic mass is 35.5. The number of para-hydroxylation sites is 1. The van der Waals surface area contributed by atoms with Crippen LogP contribution in [-0.4, -0.2) is 43.7 Å². The van der Waals surface area contributed by atoms with Crippen LogP contribution in [0.2, 0.25) is 5.02 Å². The average molecular weight is 461 g/mol. The molecule has 0 atom stereocenters. The number of morpholine rings is 1. The highest BCUT2D eigenvalue weighted by Gasteiger charge is 2.18. The second kappa shape index (κ2) is 9.69. The molecule has 1 aromatic heterocycles. The Morgan fingerprint density at radius 2 is 1.70 bits per heavy atom. The van der Waals surface area contributed by atoms with E-state index in [1.807, 2.05) is 71.6 Å². The fraction of sp³-hybridized carbons (Fsp3) is 0.222. The Hall–Kier alpha value is -3.28. The van der Waals surface area contributed by atoms with E-state index < -0.39 is 0 Å². The Morgan fingerprint density at radius 1 is 0.939 bits per heavy atom. The molecule has 0 saturated carbocycles. The molecule has 1 fully saturated rings. The van der Waals surface area contributed by atoms with E-state index in [1.165, 1.54) is 0 Å². The summed E-state index contributed by atoms with van der Waals surface area (Å²) in [6.45, 7) is 3.23. The average Bonchev–Trinajstić information content (AvgIpc) is 3.28. The highest BCUT2D eigenvalue weighted by Crippen LogP contribution is 2.33. The first-order chi connectivity index (χ1) is 16.2. The van der Waals surface area contributed by atoms with Crippen LogP contribution in [0.4, 0.5) is 5.69 Å². The molecule has 1 aliphatic rings. The topological polar surface area (TPSA) is 54.7 Å². The second-order valence-electron chi connectivity index (χ2n) is 8.11. The van der Waals surface area contributed by atoms with Crippen molar-refractivity contribution in [2.75, 3.05) is 38.2 Å². The highest BCUT2D eigenvalue weighted by molar-refractivity contribution is 6.35. The first-order valence-electron chi connectivity index (χ1n) is 11.2. The molecule has 1 N–H and O–H groups in total. The normalized spacial score (nSPS) is 13.9. The third-order valence-corrected chi connectivity index (χ3v) is 6.14. The monoisotopic (exact) mass is 460 g/mol. The Kier molecular flexibility index (Phi) is 6.33. The molecular weight excluding hydrogens is 436 g/mol. The predicted molar refractivity (Wildman–Crippen MR) is 132 cm³/mol. The van der Waals surface area contributed by atoms with Crippen molar-refractivity contribution >= 4 is 34.2 Å². The van der Waals surface area contributed by atoms with Crippen LogP contribution in [0.5, 0.6) is 0 Å². The summed E-state index contributed by atoms with van der Waals surface area (Å²) in [6.07, 6.45) is 0.758. The van der Waals surface area contributed by atoms with E-state index in [0.717, 1.165) is 40.9 Å². The SMILES string of the molecule is O=C(c1ccc(-c2cc(Cl)c3oc(CCNc4ccccc4)cc3c2)cc1)N1CCOCC1. The molecule has 33 heavy (non-hydrogen) atoms. The summed E-state index contributed by atoms with van der Waals surface area (Å²) in [7, 11) is 0. The van der Waals surface area contributed by atoms with Crippen molar-refractivity contribution in [3.63, 3.8) is 0 Å². The number of hydrogen-bond donors (Lipinski definition) is 1. The lowest BCUT2D eigenvalue weighted by Gasteiger charge is -2.26. The number of furan rings is 1. The number of amides is 1. The number of ether oxygens (including phenoxy) is 1. The summed E-state index contributed by atoms with van der Waals surface area (Å²) in [5.74, 6) is 0.931. The van der Waals surface area contributed by atoms with Crippen molar-refractivity contribution in [3.05, 3.63) is 89.1 Å². The van der Waals surface area contributed by atoms with Gasteiger partial charge in [0.2, 0.25) is 0 Å². The zero-order valence-corrected chi connectivity index (χ0v) is 19.0. The van der Waals surface area contributed by atoms with Gasteiger partial charge in [0.25, 0.3) is 5.91 Å². The van der Waals surface area contributed by atoms with Gasteiger partial charge in [0.1, 0.15) is 5.76 Å². The minimum absolute atomic E-state index is 0.0434. The van der Waals surface area contributed by atoms with Crippen molar-refractivity contribution in [2.45, 2.75) is 6.42 Å². The lowest BCUT2D eigenvalue weighted by atomic mass is 10.0. The maximum Gasteiger partial charge on any atom is 0.254 e. The Balaban J connectivity index is 1.30. The van der Waals surface area contributed by atoms with Gasteiger partial charge >= 0.3 is 0 Å². The van der Waals surface area contributed by atoms with Crippen LogP contribution in [0.3, 0.4) is 0 Å². The van der Waals surface area contributed by atoms with Crippen LogP contribution in [0.1, 0.15) is 16.1 Å². The van der Waals surface area contributed by atoms with Crippen LogP contribution < -0.4 is 5.32 Å². The molecule has 168 valence electrons. The van der Waals surface area contributed by atoms with Crippen LogP contribution in [-0.2, 0) is 11.2 Å². The van der Waals surface area contributed by atoms with E-state index in [0.29, 0.717) is 42.5 Å². The summed E-state index contributed by atoms with van der Waals surface area (Å²) in [4.78, 5) is 14.5. The molecule has 0 radical (unpaired) electrons. The van der Waals surface area contributed by atoms with Crippen LogP contribution in [0.25, 0.3) is 22.1 Å². The van der Waals surface area contributed by atoms with Crippen molar-refractivity contribution in [2.24, 2.45) is 0 Å². The molecule has 1 saturated heterocycles. The maximum atomic E-state index is 12.7. The number of carbonyl (C=O) groups is 1. The van der Waals surface area contributed by atoms with E-state index in [2.05, 4.69) is 11.4 Å². The van der Waals surface area contributed by atoms with E-state index in [-0.39, 0.29) is 5.91 Å². The number of nitrogens with one attached hydrogen (secondary N) is 1. The van der Waals surface area contributed by atoms with Gasteiger partial charge in [-0.25, -0.2) is 0 Å². The zero-order valence-electron chi connectivity index (χ0n) is 18.2. The quantitative estimate of drug-likeness (QED) is 0.390. The fourth-order valence-corrected chi connectivity index (χ4v) is 4.36. The zero-order chi connectivity index (χ0) is 22.6. The van der Waals surface area contributed by atoms with Crippen molar-refractivity contribution < 1.29 is 13.9 Å². The number of halogens is 1. The number of nitrogens with zero attached hydrogens (tertiary/aromatic N) is 1. The second-order valence-corrected chi connectivity index (χ2v) is 8.52. The molecule has 1 aliphatic heterocycles. The van der Waals surface area contributed by atoms with Crippen LogP contribution >= 0.6 is 11.6 Å². The van der Waals surface area contributed by atoms with E-state index in [9.17, 15) is 4.79 Å². The first-order valence-corrected chi connectivity index (χ1v) is 11.5. The van der Waals surface area contributed by atoms with Gasteiger partial charge in [0, 0.05) is 42.7 Å². The van der Waals surface area contributed by atoms with Crippen molar-refractivity contribution in [1.29, 1.82) is 0 Å². The van der Waals surface area contributed by atoms with E-state index in [1.54, 1.807) is 0 Å². The summed E-state index contributed by atoms with van der Waals surface area (Å²) in [5.41, 5.74) is 4.47. The standard InChI is InChI=1S/C27H25ClN2O3/c28-25-18-21(19-6-8-20(9-7-19)27(31)30-12-14-32-15-13-30)16-22-17-24(33-26(22)25)10-11-29-23-4-2-1-3-5-23/h1-9,16-18,29H,10-15H2. The van der Waals surface area contributed by atoms with Gasteiger partial charge in [0.05, 0.1) is 18.2 Å². The summed E-state index contributed by atoms with van der Waals surface area (Å²) in [6, 6.07) is 23.8. The smallest absolute Gasteiger partial charge is 0.254 e. The van der Waals surface area contributed by atoms with Crippen LogP contribution in [0, 0.1) is 0 Å². The maximum absolute atomic E-state index is 12.7. The number of fused-ring (bicyclic) bond motifs is 1. The molecule has 0 bridgehead atoms.